The highest BCUT2D eigenvalue weighted by Gasteiger charge is 2.12. The van der Waals surface area contributed by atoms with Gasteiger partial charge in [0.15, 0.2) is 5.78 Å². The molecule has 0 radical (unpaired) electrons. The number of nitrogens with one attached hydrogen (secondary N) is 1. The number of halogens is 1. The van der Waals surface area contributed by atoms with E-state index in [2.05, 4.69) is 5.32 Å². The Kier molecular flexibility index (Phi) is 5.17. The van der Waals surface area contributed by atoms with Crippen molar-refractivity contribution < 1.29 is 9.90 Å². The van der Waals surface area contributed by atoms with Gasteiger partial charge >= 0.3 is 0 Å². The number of aromatic hydroxyl groups is 1. The molecule has 3 rings (SSSR count). The molecule has 25 heavy (non-hydrogen) atoms. The van der Waals surface area contributed by atoms with Crippen LogP contribution in [-0.4, -0.2) is 10.9 Å². The molecule has 0 saturated heterocycles. The van der Waals surface area contributed by atoms with Crippen LogP contribution in [0.4, 0.5) is 5.69 Å². The summed E-state index contributed by atoms with van der Waals surface area (Å²) in [5.41, 5.74) is 2.26. The van der Waals surface area contributed by atoms with Crippen LogP contribution >= 0.6 is 11.6 Å². The molecule has 0 fully saturated rings. The molecule has 0 atom stereocenters. The Morgan fingerprint density at radius 2 is 1.52 bits per heavy atom. The Balaban J connectivity index is 2.03. The zero-order chi connectivity index (χ0) is 17.6. The third-order valence-electron chi connectivity index (χ3n) is 3.67. The van der Waals surface area contributed by atoms with Crippen LogP contribution in [0.15, 0.2) is 84.9 Å². The van der Waals surface area contributed by atoms with E-state index in [1.807, 2.05) is 36.4 Å². The summed E-state index contributed by atoms with van der Waals surface area (Å²) < 4.78 is 0. The van der Waals surface area contributed by atoms with Crippen LogP contribution in [0.5, 0.6) is 5.75 Å². The van der Waals surface area contributed by atoms with Gasteiger partial charge in [-0.1, -0.05) is 72.3 Å². The van der Waals surface area contributed by atoms with Crippen molar-refractivity contribution in [3.63, 3.8) is 0 Å². The summed E-state index contributed by atoms with van der Waals surface area (Å²) in [5.74, 6) is -0.0638. The third-order valence-corrected chi connectivity index (χ3v) is 4.00. The van der Waals surface area contributed by atoms with Crippen molar-refractivity contribution in [3.05, 3.63) is 101 Å². The number of para-hydroxylation sites is 2. The highest BCUT2D eigenvalue weighted by molar-refractivity contribution is 6.32. The monoisotopic (exact) mass is 349 g/mol. The largest absolute Gasteiger partial charge is 0.506 e. The van der Waals surface area contributed by atoms with E-state index in [-0.39, 0.29) is 11.5 Å². The highest BCUT2D eigenvalue weighted by Crippen LogP contribution is 2.29. The van der Waals surface area contributed by atoms with E-state index in [4.69, 9.17) is 11.6 Å². The van der Waals surface area contributed by atoms with Gasteiger partial charge in [0.25, 0.3) is 0 Å². The van der Waals surface area contributed by atoms with Crippen LogP contribution in [0.1, 0.15) is 15.9 Å². The molecule has 0 amide bonds. The molecule has 0 aromatic heterocycles. The SMILES string of the molecule is O=C(/C=C(\Nc1ccccc1O)c1ccccc1Cl)c1ccccc1. The molecular formula is C21H16ClNO2. The lowest BCUT2D eigenvalue weighted by molar-refractivity contribution is 0.104. The number of allylic oxidation sites excluding steroid dienone is 1. The molecule has 0 spiro atoms. The molecule has 0 aliphatic carbocycles. The summed E-state index contributed by atoms with van der Waals surface area (Å²) >= 11 is 6.30. The molecule has 3 aromatic rings. The lowest BCUT2D eigenvalue weighted by Crippen LogP contribution is -2.04. The molecular weight excluding hydrogens is 334 g/mol. The minimum atomic E-state index is -0.154. The van der Waals surface area contributed by atoms with Crippen LogP contribution in [-0.2, 0) is 0 Å². The van der Waals surface area contributed by atoms with Crippen LogP contribution in [0, 0.1) is 0 Å². The number of hydrogen-bond acceptors (Lipinski definition) is 3. The van der Waals surface area contributed by atoms with Gasteiger partial charge in [0.1, 0.15) is 5.75 Å². The number of carbonyl (C=O) groups is 1. The van der Waals surface area contributed by atoms with Gasteiger partial charge in [-0.05, 0) is 18.2 Å². The Labute approximate surface area is 151 Å². The molecule has 0 aliphatic heterocycles. The van der Waals surface area contributed by atoms with E-state index >= 15 is 0 Å². The molecule has 3 nitrogen and oxygen atoms in total. The summed E-state index contributed by atoms with van der Waals surface area (Å²) in [6.45, 7) is 0. The van der Waals surface area contributed by atoms with E-state index < -0.39 is 0 Å². The average Bonchev–Trinajstić information content (AvgIpc) is 2.64. The first-order valence-electron chi connectivity index (χ1n) is 7.76. The van der Waals surface area contributed by atoms with Crippen molar-refractivity contribution in [2.45, 2.75) is 0 Å². The Bertz CT molecular complexity index is 920. The first-order chi connectivity index (χ1) is 12.1. The fraction of sp³-hybridized carbons (Fsp3) is 0. The first kappa shape index (κ1) is 16.8. The number of phenolic OH excluding ortho intramolecular Hbond substituents is 1. The van der Waals surface area contributed by atoms with Crippen molar-refractivity contribution in [3.8, 4) is 5.75 Å². The molecule has 4 heteroatoms. The number of phenols is 1. The van der Waals surface area contributed by atoms with Crippen molar-refractivity contribution in [1.82, 2.24) is 0 Å². The van der Waals surface area contributed by atoms with E-state index in [1.54, 1.807) is 42.5 Å². The summed E-state index contributed by atoms with van der Waals surface area (Å²) in [5, 5.41) is 13.6. The normalized spacial score (nSPS) is 11.2. The van der Waals surface area contributed by atoms with Crippen molar-refractivity contribution >= 4 is 28.8 Å². The van der Waals surface area contributed by atoms with Gasteiger partial charge in [0.05, 0.1) is 11.4 Å². The third kappa shape index (κ3) is 4.08. The predicted molar refractivity (Wildman–Crippen MR) is 102 cm³/mol. The topological polar surface area (TPSA) is 49.3 Å². The molecule has 124 valence electrons. The summed E-state index contributed by atoms with van der Waals surface area (Å²) in [4.78, 5) is 12.6. The van der Waals surface area contributed by atoms with Gasteiger partial charge < -0.3 is 10.4 Å². The fourth-order valence-electron chi connectivity index (χ4n) is 2.40. The number of carbonyl (C=O) groups excluding carboxylic acids is 1. The number of ketones is 1. The van der Waals surface area contributed by atoms with E-state index in [9.17, 15) is 9.90 Å². The molecule has 2 N–H and O–H groups in total. The van der Waals surface area contributed by atoms with Crippen LogP contribution in [0.25, 0.3) is 5.70 Å². The number of hydrogen-bond donors (Lipinski definition) is 2. The van der Waals surface area contributed by atoms with Crippen molar-refractivity contribution in [1.29, 1.82) is 0 Å². The number of benzene rings is 3. The van der Waals surface area contributed by atoms with Gasteiger partial charge in [-0.25, -0.2) is 0 Å². The van der Waals surface area contributed by atoms with Crippen molar-refractivity contribution in [2.24, 2.45) is 0 Å². The van der Waals surface area contributed by atoms with E-state index in [0.717, 1.165) is 0 Å². The second-order valence-electron chi connectivity index (χ2n) is 5.41. The number of anilines is 1. The standard InChI is InChI=1S/C21H16ClNO2/c22-17-11-5-4-10-16(17)19(23-18-12-6-7-13-20(18)24)14-21(25)15-8-2-1-3-9-15/h1-14,23-24H/b19-14-. The van der Waals surface area contributed by atoms with E-state index in [0.29, 0.717) is 27.5 Å². The second kappa shape index (κ2) is 7.69. The maximum atomic E-state index is 12.6. The fourth-order valence-corrected chi connectivity index (χ4v) is 2.64. The van der Waals surface area contributed by atoms with Gasteiger partial charge in [-0.2, -0.15) is 0 Å². The maximum absolute atomic E-state index is 12.6. The van der Waals surface area contributed by atoms with Gasteiger partial charge in [0, 0.05) is 22.2 Å². The lowest BCUT2D eigenvalue weighted by atomic mass is 10.1. The predicted octanol–water partition coefficient (Wildman–Crippen LogP) is 5.38. The zero-order valence-corrected chi connectivity index (χ0v) is 14.1. The van der Waals surface area contributed by atoms with Gasteiger partial charge in [-0.3, -0.25) is 4.79 Å². The Morgan fingerprint density at radius 3 is 2.24 bits per heavy atom. The Morgan fingerprint density at radius 1 is 0.880 bits per heavy atom. The van der Waals surface area contributed by atoms with Crippen LogP contribution in [0.3, 0.4) is 0 Å². The van der Waals surface area contributed by atoms with Gasteiger partial charge in [-0.15, -0.1) is 0 Å². The number of rotatable bonds is 5. The molecule has 3 aromatic carbocycles. The van der Waals surface area contributed by atoms with E-state index in [1.165, 1.54) is 6.08 Å². The smallest absolute Gasteiger partial charge is 0.187 e. The molecule has 0 bridgehead atoms. The first-order valence-corrected chi connectivity index (χ1v) is 8.14. The molecule has 0 saturated carbocycles. The Hall–Kier alpha value is -3.04. The quantitative estimate of drug-likeness (QED) is 0.369. The highest BCUT2D eigenvalue weighted by atomic mass is 35.5. The second-order valence-corrected chi connectivity index (χ2v) is 5.82. The molecule has 0 heterocycles. The zero-order valence-electron chi connectivity index (χ0n) is 13.3. The summed E-state index contributed by atoms with van der Waals surface area (Å²) in [7, 11) is 0. The molecule has 0 unspecified atom stereocenters. The molecule has 0 aliphatic rings. The van der Waals surface area contributed by atoms with Crippen LogP contribution in [0.2, 0.25) is 5.02 Å². The van der Waals surface area contributed by atoms with Crippen LogP contribution < -0.4 is 5.32 Å². The minimum absolute atomic E-state index is 0.0904. The minimum Gasteiger partial charge on any atom is -0.506 e. The average molecular weight is 350 g/mol. The van der Waals surface area contributed by atoms with Crippen molar-refractivity contribution in [2.75, 3.05) is 5.32 Å². The summed E-state index contributed by atoms with van der Waals surface area (Å²) in [6.07, 6.45) is 1.49. The van der Waals surface area contributed by atoms with Gasteiger partial charge in [0.2, 0.25) is 0 Å². The summed E-state index contributed by atoms with van der Waals surface area (Å²) in [6, 6.07) is 23.1. The maximum Gasteiger partial charge on any atom is 0.187 e. The lowest BCUT2D eigenvalue weighted by Gasteiger charge is -2.14.